The first kappa shape index (κ1) is 25.1. The number of hydrazone groups is 1. The standard InChI is InChI=1S/C26H32N4O4S/c1-3-34-24-16-20(8-11-23(24)33-2)22-18-35-26(32)30(28-22)17-19-6-9-21(10-7-19)27-25(31)12-15-29-13-4-5-14-29/h6-11,16H,3-5,12-15,17-18H2,1-2H3,(H,27,31). The molecule has 0 aliphatic carbocycles. The summed E-state index contributed by atoms with van der Waals surface area (Å²) in [6, 6.07) is 13.2. The second kappa shape index (κ2) is 12.1. The van der Waals surface area contributed by atoms with E-state index >= 15 is 0 Å². The normalized spacial score (nSPS) is 16.2. The van der Waals surface area contributed by atoms with Crippen LogP contribution in [0.15, 0.2) is 47.6 Å². The van der Waals surface area contributed by atoms with Crippen molar-refractivity contribution in [2.45, 2.75) is 32.7 Å². The van der Waals surface area contributed by atoms with Gasteiger partial charge in [0.05, 0.1) is 26.0 Å². The molecular weight excluding hydrogens is 464 g/mol. The number of rotatable bonds is 10. The fourth-order valence-electron chi connectivity index (χ4n) is 4.14. The maximum Gasteiger partial charge on any atom is 0.302 e. The average molecular weight is 497 g/mol. The Morgan fingerprint density at radius 3 is 2.60 bits per heavy atom. The van der Waals surface area contributed by atoms with Gasteiger partial charge in [0.25, 0.3) is 0 Å². The minimum atomic E-state index is -0.0911. The van der Waals surface area contributed by atoms with E-state index in [2.05, 4.69) is 15.3 Å². The number of thioether (sulfide) groups is 1. The van der Waals surface area contributed by atoms with Gasteiger partial charge in [0.2, 0.25) is 5.91 Å². The van der Waals surface area contributed by atoms with Crippen LogP contribution in [0.1, 0.15) is 37.3 Å². The number of nitrogens with one attached hydrogen (secondary N) is 1. The molecule has 186 valence electrons. The van der Waals surface area contributed by atoms with Gasteiger partial charge in [-0.25, -0.2) is 5.01 Å². The molecule has 2 aromatic carbocycles. The van der Waals surface area contributed by atoms with Crippen LogP contribution >= 0.6 is 11.8 Å². The molecule has 9 heteroatoms. The molecule has 1 fully saturated rings. The highest BCUT2D eigenvalue weighted by atomic mass is 32.2. The van der Waals surface area contributed by atoms with Gasteiger partial charge in [-0.3, -0.25) is 9.59 Å². The van der Waals surface area contributed by atoms with Gasteiger partial charge in [-0.2, -0.15) is 5.10 Å². The smallest absolute Gasteiger partial charge is 0.302 e. The van der Waals surface area contributed by atoms with Gasteiger partial charge in [0.15, 0.2) is 11.5 Å². The summed E-state index contributed by atoms with van der Waals surface area (Å²) >= 11 is 1.23. The summed E-state index contributed by atoms with van der Waals surface area (Å²) < 4.78 is 11.0. The van der Waals surface area contributed by atoms with Crippen molar-refractivity contribution in [3.63, 3.8) is 0 Å². The Kier molecular flexibility index (Phi) is 8.65. The summed E-state index contributed by atoms with van der Waals surface area (Å²) in [6.07, 6.45) is 2.94. The number of anilines is 1. The van der Waals surface area contributed by atoms with Crippen LogP contribution in [0.3, 0.4) is 0 Å². The highest BCUT2D eigenvalue weighted by Gasteiger charge is 2.23. The molecule has 0 radical (unpaired) electrons. The molecule has 0 unspecified atom stereocenters. The van der Waals surface area contributed by atoms with Crippen molar-refractivity contribution < 1.29 is 19.1 Å². The lowest BCUT2D eigenvalue weighted by Crippen LogP contribution is -2.29. The van der Waals surface area contributed by atoms with Gasteiger partial charge in [0, 0.05) is 30.0 Å². The summed E-state index contributed by atoms with van der Waals surface area (Å²) in [5.74, 6) is 1.83. The first-order chi connectivity index (χ1) is 17.1. The van der Waals surface area contributed by atoms with Crippen molar-refractivity contribution in [2.24, 2.45) is 5.10 Å². The highest BCUT2D eigenvalue weighted by Crippen LogP contribution is 2.30. The van der Waals surface area contributed by atoms with E-state index in [4.69, 9.17) is 9.47 Å². The number of nitrogens with zero attached hydrogens (tertiary/aromatic N) is 3. The largest absolute Gasteiger partial charge is 0.493 e. The van der Waals surface area contributed by atoms with Gasteiger partial charge in [0.1, 0.15) is 0 Å². The summed E-state index contributed by atoms with van der Waals surface area (Å²) in [7, 11) is 1.61. The van der Waals surface area contributed by atoms with Crippen LogP contribution in [-0.4, -0.2) is 65.9 Å². The van der Waals surface area contributed by atoms with E-state index in [1.165, 1.54) is 29.6 Å². The van der Waals surface area contributed by atoms with Crippen molar-refractivity contribution in [1.29, 1.82) is 0 Å². The van der Waals surface area contributed by atoms with E-state index in [9.17, 15) is 9.59 Å². The van der Waals surface area contributed by atoms with E-state index in [0.717, 1.165) is 42.2 Å². The van der Waals surface area contributed by atoms with Crippen LogP contribution in [0.25, 0.3) is 0 Å². The topological polar surface area (TPSA) is 83.5 Å². The fourth-order valence-corrected chi connectivity index (χ4v) is 4.88. The Morgan fingerprint density at radius 2 is 1.89 bits per heavy atom. The zero-order valence-corrected chi connectivity index (χ0v) is 21.1. The van der Waals surface area contributed by atoms with E-state index in [0.29, 0.717) is 36.8 Å². The van der Waals surface area contributed by atoms with E-state index in [1.54, 1.807) is 7.11 Å². The van der Waals surface area contributed by atoms with Gasteiger partial charge in [-0.05, 0) is 68.8 Å². The van der Waals surface area contributed by atoms with E-state index in [-0.39, 0.29) is 11.1 Å². The van der Waals surface area contributed by atoms with Gasteiger partial charge in [-0.15, -0.1) is 0 Å². The molecule has 2 aromatic rings. The molecule has 1 saturated heterocycles. The lowest BCUT2D eigenvalue weighted by Gasteiger charge is -2.23. The summed E-state index contributed by atoms with van der Waals surface area (Å²) in [5, 5.41) is 8.98. The number of benzene rings is 2. The predicted molar refractivity (Wildman–Crippen MR) is 139 cm³/mol. The highest BCUT2D eigenvalue weighted by molar-refractivity contribution is 8.14. The van der Waals surface area contributed by atoms with Gasteiger partial charge >= 0.3 is 5.24 Å². The molecule has 0 atom stereocenters. The molecule has 35 heavy (non-hydrogen) atoms. The molecule has 2 aliphatic heterocycles. The van der Waals surface area contributed by atoms with Crippen LogP contribution in [-0.2, 0) is 11.3 Å². The van der Waals surface area contributed by atoms with Crippen molar-refractivity contribution >= 4 is 34.3 Å². The number of ether oxygens (including phenoxy) is 2. The Labute approximate surface area is 210 Å². The molecule has 2 aliphatic rings. The summed E-state index contributed by atoms with van der Waals surface area (Å²) in [4.78, 5) is 27.1. The number of hydrogen-bond donors (Lipinski definition) is 1. The zero-order valence-electron chi connectivity index (χ0n) is 20.3. The molecule has 0 saturated carbocycles. The number of methoxy groups -OCH3 is 1. The SMILES string of the molecule is CCOc1cc(C2=NN(Cc3ccc(NC(=O)CCN4CCCC4)cc3)C(=O)SC2)ccc1OC. The lowest BCUT2D eigenvalue weighted by molar-refractivity contribution is -0.116. The Bertz CT molecular complexity index is 1070. The Balaban J connectivity index is 1.38. The minimum Gasteiger partial charge on any atom is -0.493 e. The van der Waals surface area contributed by atoms with Gasteiger partial charge in [-0.1, -0.05) is 23.9 Å². The number of amides is 2. The maximum atomic E-state index is 12.5. The quantitative estimate of drug-likeness (QED) is 0.518. The van der Waals surface area contributed by atoms with Crippen LogP contribution in [0.2, 0.25) is 0 Å². The fraction of sp³-hybridized carbons (Fsp3) is 0.423. The minimum absolute atomic E-state index is 0.0208. The molecule has 8 nitrogen and oxygen atoms in total. The van der Waals surface area contributed by atoms with Crippen LogP contribution in [0.4, 0.5) is 10.5 Å². The maximum absolute atomic E-state index is 12.5. The monoisotopic (exact) mass is 496 g/mol. The summed E-state index contributed by atoms with van der Waals surface area (Å²) in [5.41, 5.74) is 3.39. The molecule has 0 bridgehead atoms. The lowest BCUT2D eigenvalue weighted by atomic mass is 10.1. The Morgan fingerprint density at radius 1 is 1.11 bits per heavy atom. The molecule has 2 amide bonds. The third-order valence-corrected chi connectivity index (χ3v) is 6.88. The summed E-state index contributed by atoms with van der Waals surface area (Å²) in [6.45, 7) is 5.79. The van der Waals surface area contributed by atoms with E-state index < -0.39 is 0 Å². The Hall–Kier alpha value is -3.04. The van der Waals surface area contributed by atoms with Gasteiger partial charge < -0.3 is 19.7 Å². The third kappa shape index (κ3) is 6.76. The average Bonchev–Trinajstić information content (AvgIpc) is 3.39. The molecule has 1 N–H and O–H groups in total. The molecule has 2 heterocycles. The molecule has 0 aromatic heterocycles. The first-order valence-corrected chi connectivity index (χ1v) is 13.0. The predicted octanol–water partition coefficient (Wildman–Crippen LogP) is 4.59. The molecule has 4 rings (SSSR count). The van der Waals surface area contributed by atoms with Crippen LogP contribution in [0.5, 0.6) is 11.5 Å². The van der Waals surface area contributed by atoms with Crippen LogP contribution < -0.4 is 14.8 Å². The van der Waals surface area contributed by atoms with Crippen LogP contribution in [0, 0.1) is 0 Å². The van der Waals surface area contributed by atoms with Crippen molar-refractivity contribution in [2.75, 3.05) is 44.4 Å². The number of carbonyl (C=O) groups is 2. The van der Waals surface area contributed by atoms with Crippen molar-refractivity contribution in [3.05, 3.63) is 53.6 Å². The van der Waals surface area contributed by atoms with E-state index in [1.807, 2.05) is 49.4 Å². The number of likely N-dealkylation sites (tertiary alicyclic amines) is 1. The second-order valence-corrected chi connectivity index (χ2v) is 9.43. The molecule has 0 spiro atoms. The number of hydrogen-bond acceptors (Lipinski definition) is 7. The third-order valence-electron chi connectivity index (χ3n) is 6.01. The van der Waals surface area contributed by atoms with Crippen molar-refractivity contribution in [1.82, 2.24) is 9.91 Å². The zero-order chi connectivity index (χ0) is 24.6. The molecular formula is C26H32N4O4S. The first-order valence-electron chi connectivity index (χ1n) is 12.0. The number of carbonyl (C=O) groups excluding carboxylic acids is 2. The van der Waals surface area contributed by atoms with Crippen molar-refractivity contribution in [3.8, 4) is 11.5 Å². The second-order valence-electron chi connectivity index (χ2n) is 8.50.